The number of aromatic amines is 1. The van der Waals surface area contributed by atoms with Crippen molar-refractivity contribution in [1.82, 2.24) is 9.55 Å². The minimum atomic E-state index is -0.123. The minimum Gasteiger partial charge on any atom is -0.355 e. The Bertz CT molecular complexity index is 773. The summed E-state index contributed by atoms with van der Waals surface area (Å²) in [6.45, 7) is 0.959. The monoisotopic (exact) mass is 268 g/mol. The van der Waals surface area contributed by atoms with Crippen LogP contribution < -0.4 is 16.7 Å². The maximum Gasteiger partial charge on any atom is 0.326 e. The molecule has 0 radical (unpaired) electrons. The van der Waals surface area contributed by atoms with Crippen LogP contribution in [0.3, 0.4) is 0 Å². The molecule has 0 aliphatic rings. The van der Waals surface area contributed by atoms with Gasteiger partial charge in [-0.1, -0.05) is 18.2 Å². The van der Waals surface area contributed by atoms with Crippen LogP contribution >= 0.6 is 0 Å². The quantitative estimate of drug-likeness (QED) is 0.677. The van der Waals surface area contributed by atoms with Crippen LogP contribution in [0.4, 0.5) is 11.4 Å². The first kappa shape index (κ1) is 12.5. The second kappa shape index (κ2) is 5.22. The van der Waals surface area contributed by atoms with E-state index in [1.807, 2.05) is 48.5 Å². The molecule has 0 saturated carbocycles. The number of fused-ring (bicyclic) bond motifs is 1. The third-order valence-corrected chi connectivity index (χ3v) is 3.19. The topological polar surface area (TPSA) is 75.8 Å². The summed E-state index contributed by atoms with van der Waals surface area (Å²) in [6.07, 6.45) is 0. The number of nitrogens with zero attached hydrogens (tertiary/aromatic N) is 1. The smallest absolute Gasteiger partial charge is 0.326 e. The molecule has 0 aliphatic heterocycles. The highest BCUT2D eigenvalue weighted by Gasteiger charge is 2.06. The zero-order valence-corrected chi connectivity index (χ0v) is 11.0. The maximum absolute atomic E-state index is 11.8. The molecule has 0 aliphatic carbocycles. The number of para-hydroxylation sites is 1. The van der Waals surface area contributed by atoms with Gasteiger partial charge in [0.05, 0.1) is 11.0 Å². The summed E-state index contributed by atoms with van der Waals surface area (Å²) in [4.78, 5) is 14.7. The van der Waals surface area contributed by atoms with Crippen molar-refractivity contribution in [2.24, 2.45) is 5.73 Å². The van der Waals surface area contributed by atoms with Gasteiger partial charge in [0.25, 0.3) is 0 Å². The van der Waals surface area contributed by atoms with Gasteiger partial charge in [0.15, 0.2) is 0 Å². The van der Waals surface area contributed by atoms with E-state index in [9.17, 15) is 4.79 Å². The number of anilines is 2. The van der Waals surface area contributed by atoms with Crippen LogP contribution in [0.25, 0.3) is 11.0 Å². The van der Waals surface area contributed by atoms with E-state index in [4.69, 9.17) is 5.73 Å². The first-order chi connectivity index (χ1) is 9.78. The summed E-state index contributed by atoms with van der Waals surface area (Å²) in [5, 5.41) is 3.30. The van der Waals surface area contributed by atoms with Crippen molar-refractivity contribution < 1.29 is 0 Å². The molecule has 1 aromatic heterocycles. The Morgan fingerprint density at radius 1 is 1.10 bits per heavy atom. The highest BCUT2D eigenvalue weighted by molar-refractivity contribution is 5.80. The van der Waals surface area contributed by atoms with E-state index in [2.05, 4.69) is 10.3 Å². The normalized spacial score (nSPS) is 10.8. The summed E-state index contributed by atoms with van der Waals surface area (Å²) in [7, 11) is 0. The third-order valence-electron chi connectivity index (χ3n) is 3.19. The second-order valence-electron chi connectivity index (χ2n) is 4.59. The maximum atomic E-state index is 11.8. The lowest BCUT2D eigenvalue weighted by Crippen LogP contribution is -2.21. The standard InChI is InChI=1S/C15H16N4O/c16-8-9-19-14-7-6-12(10-13(14)18-15(19)20)17-11-4-2-1-3-5-11/h1-7,10,17H,8-9,16H2,(H,18,20). The Labute approximate surface area is 116 Å². The van der Waals surface area contributed by atoms with Crippen LogP contribution in [0.5, 0.6) is 0 Å². The van der Waals surface area contributed by atoms with Crippen LogP contribution in [0.2, 0.25) is 0 Å². The molecule has 20 heavy (non-hydrogen) atoms. The van der Waals surface area contributed by atoms with Gasteiger partial charge in [0.2, 0.25) is 0 Å². The van der Waals surface area contributed by atoms with E-state index < -0.39 is 0 Å². The molecule has 3 rings (SSSR count). The van der Waals surface area contributed by atoms with Gasteiger partial charge in [0, 0.05) is 24.5 Å². The van der Waals surface area contributed by atoms with Gasteiger partial charge in [0.1, 0.15) is 0 Å². The van der Waals surface area contributed by atoms with Crippen LogP contribution in [-0.2, 0) is 6.54 Å². The highest BCUT2D eigenvalue weighted by Crippen LogP contribution is 2.20. The van der Waals surface area contributed by atoms with E-state index >= 15 is 0 Å². The number of rotatable bonds is 4. The number of aromatic nitrogens is 2. The molecule has 3 aromatic rings. The Morgan fingerprint density at radius 2 is 1.90 bits per heavy atom. The molecule has 2 aromatic carbocycles. The molecule has 102 valence electrons. The van der Waals surface area contributed by atoms with E-state index in [1.165, 1.54) is 0 Å². The van der Waals surface area contributed by atoms with Gasteiger partial charge in [-0.15, -0.1) is 0 Å². The highest BCUT2D eigenvalue weighted by atomic mass is 16.1. The van der Waals surface area contributed by atoms with Crippen molar-refractivity contribution in [2.45, 2.75) is 6.54 Å². The molecule has 0 unspecified atom stereocenters. The van der Waals surface area contributed by atoms with Crippen molar-refractivity contribution in [3.05, 3.63) is 59.0 Å². The molecule has 0 atom stereocenters. The summed E-state index contributed by atoms with van der Waals surface area (Å²) in [5.74, 6) is 0. The SMILES string of the molecule is NCCn1c(=O)[nH]c2cc(Nc3ccccc3)ccc21. The van der Waals surface area contributed by atoms with Crippen LogP contribution in [0.1, 0.15) is 0 Å². The zero-order chi connectivity index (χ0) is 13.9. The molecule has 5 heteroatoms. The summed E-state index contributed by atoms with van der Waals surface area (Å²) in [5.41, 5.74) is 9.03. The molecule has 4 N–H and O–H groups in total. The van der Waals surface area contributed by atoms with Gasteiger partial charge in [-0.05, 0) is 30.3 Å². The Balaban J connectivity index is 1.97. The third kappa shape index (κ3) is 2.31. The van der Waals surface area contributed by atoms with Crippen molar-refractivity contribution in [3.8, 4) is 0 Å². The largest absolute Gasteiger partial charge is 0.355 e. The van der Waals surface area contributed by atoms with Gasteiger partial charge >= 0.3 is 5.69 Å². The molecule has 0 fully saturated rings. The minimum absolute atomic E-state index is 0.123. The Kier molecular flexibility index (Phi) is 3.26. The van der Waals surface area contributed by atoms with E-state index in [-0.39, 0.29) is 5.69 Å². The lowest BCUT2D eigenvalue weighted by molar-refractivity contribution is 0.703. The number of H-pyrrole nitrogens is 1. The van der Waals surface area contributed by atoms with Crippen LogP contribution in [0.15, 0.2) is 53.3 Å². The average Bonchev–Trinajstić information content (AvgIpc) is 2.76. The van der Waals surface area contributed by atoms with Gasteiger partial charge < -0.3 is 16.0 Å². The predicted molar refractivity (Wildman–Crippen MR) is 81.3 cm³/mol. The number of benzene rings is 2. The number of hydrogen-bond acceptors (Lipinski definition) is 3. The molecule has 1 heterocycles. The van der Waals surface area contributed by atoms with Crippen molar-refractivity contribution in [1.29, 1.82) is 0 Å². The molecular formula is C15H16N4O. The number of hydrogen-bond donors (Lipinski definition) is 3. The number of nitrogens with one attached hydrogen (secondary N) is 2. The summed E-state index contributed by atoms with van der Waals surface area (Å²) < 4.78 is 1.65. The molecule has 0 spiro atoms. The molecule has 0 bridgehead atoms. The summed E-state index contributed by atoms with van der Waals surface area (Å²) in [6, 6.07) is 15.7. The molecule has 5 nitrogen and oxygen atoms in total. The Hall–Kier alpha value is -2.53. The fraction of sp³-hybridized carbons (Fsp3) is 0.133. The average molecular weight is 268 g/mol. The molecule has 0 amide bonds. The van der Waals surface area contributed by atoms with Gasteiger partial charge in [-0.25, -0.2) is 4.79 Å². The van der Waals surface area contributed by atoms with E-state index in [0.717, 1.165) is 22.4 Å². The van der Waals surface area contributed by atoms with Crippen molar-refractivity contribution in [3.63, 3.8) is 0 Å². The fourth-order valence-electron chi connectivity index (χ4n) is 2.28. The summed E-state index contributed by atoms with van der Waals surface area (Å²) >= 11 is 0. The van der Waals surface area contributed by atoms with E-state index in [0.29, 0.717) is 13.1 Å². The lowest BCUT2D eigenvalue weighted by Gasteiger charge is -2.06. The predicted octanol–water partition coefficient (Wildman–Crippen LogP) is 2.03. The fourth-order valence-corrected chi connectivity index (χ4v) is 2.28. The van der Waals surface area contributed by atoms with Gasteiger partial charge in [-0.2, -0.15) is 0 Å². The van der Waals surface area contributed by atoms with Crippen molar-refractivity contribution in [2.75, 3.05) is 11.9 Å². The van der Waals surface area contributed by atoms with Crippen molar-refractivity contribution >= 4 is 22.4 Å². The number of nitrogens with two attached hydrogens (primary N) is 1. The second-order valence-corrected chi connectivity index (χ2v) is 4.59. The van der Waals surface area contributed by atoms with Crippen LogP contribution in [0, 0.1) is 0 Å². The lowest BCUT2D eigenvalue weighted by atomic mass is 10.2. The first-order valence-electron chi connectivity index (χ1n) is 6.52. The first-order valence-corrected chi connectivity index (χ1v) is 6.52. The van der Waals surface area contributed by atoms with Crippen LogP contribution in [-0.4, -0.2) is 16.1 Å². The molecule has 0 saturated heterocycles. The Morgan fingerprint density at radius 3 is 2.65 bits per heavy atom. The van der Waals surface area contributed by atoms with Gasteiger partial charge in [-0.3, -0.25) is 4.57 Å². The molecular weight excluding hydrogens is 252 g/mol. The number of imidazole rings is 1. The zero-order valence-electron chi connectivity index (χ0n) is 11.0. The van der Waals surface area contributed by atoms with E-state index in [1.54, 1.807) is 4.57 Å².